The Balaban J connectivity index is 0.975. The average molecular weight is 691 g/mol. The van der Waals surface area contributed by atoms with Crippen molar-refractivity contribution >= 4 is 49.7 Å². The van der Waals surface area contributed by atoms with Crippen LogP contribution in [0.2, 0.25) is 0 Å². The van der Waals surface area contributed by atoms with Gasteiger partial charge in [0.1, 0.15) is 11.3 Å². The molecule has 3 heteroatoms. The van der Waals surface area contributed by atoms with Crippen molar-refractivity contribution in [1.82, 2.24) is 4.98 Å². The highest BCUT2D eigenvalue weighted by atomic mass is 16.3. The van der Waals surface area contributed by atoms with Crippen molar-refractivity contribution in [3.05, 3.63) is 206 Å². The number of aromatic nitrogens is 1. The lowest BCUT2D eigenvalue weighted by Gasteiger charge is -2.26. The molecule has 0 bridgehead atoms. The van der Waals surface area contributed by atoms with E-state index in [-0.39, 0.29) is 0 Å². The highest BCUT2D eigenvalue weighted by Gasteiger charge is 2.15. The first-order valence-corrected chi connectivity index (χ1v) is 18.3. The van der Waals surface area contributed by atoms with Crippen molar-refractivity contribution in [3.63, 3.8) is 0 Å². The van der Waals surface area contributed by atoms with E-state index >= 15 is 0 Å². The van der Waals surface area contributed by atoms with Crippen molar-refractivity contribution in [2.45, 2.75) is 0 Å². The molecule has 0 unspecified atom stereocenters. The van der Waals surface area contributed by atoms with Gasteiger partial charge in [0.05, 0.1) is 0 Å². The Hall–Kier alpha value is -7.23. The zero-order valence-electron chi connectivity index (χ0n) is 29.4. The fourth-order valence-corrected chi connectivity index (χ4v) is 7.43. The largest absolute Gasteiger partial charge is 0.454 e. The number of fused-ring (bicyclic) bond motifs is 3. The lowest BCUT2D eigenvalue weighted by Crippen LogP contribution is -2.09. The SMILES string of the molecule is c1ccc2cc(-c3ccc(-c4ccc(N(c5ccc(-c6ccc7ccccc7c6)cc5)c5ccc(-c6cc7ncccc7o6)cc5)cc4)cc3)ccc2c1. The normalized spacial score (nSPS) is 11.3. The van der Waals surface area contributed by atoms with Crippen LogP contribution in [0.15, 0.2) is 211 Å². The van der Waals surface area contributed by atoms with Gasteiger partial charge in [0.15, 0.2) is 5.58 Å². The molecule has 3 nitrogen and oxygen atoms in total. The van der Waals surface area contributed by atoms with Gasteiger partial charge in [-0.25, -0.2) is 0 Å². The number of benzene rings is 8. The first-order valence-electron chi connectivity index (χ1n) is 18.3. The zero-order valence-corrected chi connectivity index (χ0v) is 29.4. The van der Waals surface area contributed by atoms with E-state index in [4.69, 9.17) is 4.42 Å². The highest BCUT2D eigenvalue weighted by molar-refractivity contribution is 5.89. The maximum atomic E-state index is 6.13. The lowest BCUT2D eigenvalue weighted by molar-refractivity contribution is 0.631. The van der Waals surface area contributed by atoms with Gasteiger partial charge in [-0.15, -0.1) is 0 Å². The summed E-state index contributed by atoms with van der Waals surface area (Å²) < 4.78 is 6.13. The van der Waals surface area contributed by atoms with Gasteiger partial charge >= 0.3 is 0 Å². The van der Waals surface area contributed by atoms with E-state index in [1.165, 1.54) is 54.9 Å². The Morgan fingerprint density at radius 2 is 0.741 bits per heavy atom. The molecule has 2 aromatic heterocycles. The minimum atomic E-state index is 0.785. The molecular formula is C51H34N2O. The maximum absolute atomic E-state index is 6.13. The van der Waals surface area contributed by atoms with Gasteiger partial charge in [-0.1, -0.05) is 121 Å². The third-order valence-corrected chi connectivity index (χ3v) is 10.3. The molecule has 2 heterocycles. The minimum absolute atomic E-state index is 0.785. The van der Waals surface area contributed by atoms with Crippen LogP contribution in [0, 0.1) is 0 Å². The van der Waals surface area contributed by atoms with E-state index in [2.05, 4.69) is 192 Å². The van der Waals surface area contributed by atoms with Crippen molar-refractivity contribution in [1.29, 1.82) is 0 Å². The Labute approximate surface area is 314 Å². The summed E-state index contributed by atoms with van der Waals surface area (Å²) in [5, 5.41) is 5.00. The van der Waals surface area contributed by atoms with Crippen LogP contribution in [-0.4, -0.2) is 4.98 Å². The standard InChI is InChI=1S/C51H34N2O/c1-3-8-42-32-44(17-15-35(42)6-1)39-13-11-37(12-14-39)38-19-25-46(26-20-38)53(48-29-23-41(24-30-48)51-34-49-50(54-51)10-5-31-52-49)47-27-21-40(22-28-47)45-18-16-36-7-2-4-9-43(36)33-45/h1-34H. The number of pyridine rings is 1. The summed E-state index contributed by atoms with van der Waals surface area (Å²) in [7, 11) is 0. The Kier molecular flexibility index (Phi) is 7.81. The van der Waals surface area contributed by atoms with Crippen molar-refractivity contribution < 1.29 is 4.42 Å². The van der Waals surface area contributed by atoms with Gasteiger partial charge in [0.25, 0.3) is 0 Å². The summed E-state index contributed by atoms with van der Waals surface area (Å²) in [5.41, 5.74) is 13.0. The van der Waals surface area contributed by atoms with E-state index in [0.717, 1.165) is 39.5 Å². The smallest absolute Gasteiger partial charge is 0.153 e. The average Bonchev–Trinajstić information content (AvgIpc) is 3.69. The number of furan rings is 1. The Bertz CT molecular complexity index is 2870. The van der Waals surface area contributed by atoms with Crippen LogP contribution in [0.25, 0.3) is 77.3 Å². The summed E-state index contributed by atoms with van der Waals surface area (Å²) in [6.45, 7) is 0. The van der Waals surface area contributed by atoms with E-state index in [9.17, 15) is 0 Å². The Morgan fingerprint density at radius 1 is 0.333 bits per heavy atom. The number of hydrogen-bond donors (Lipinski definition) is 0. The molecule has 0 fully saturated rings. The predicted molar refractivity (Wildman–Crippen MR) is 225 cm³/mol. The van der Waals surface area contributed by atoms with Crippen LogP contribution in [0.4, 0.5) is 17.1 Å². The monoisotopic (exact) mass is 690 g/mol. The summed E-state index contributed by atoms with van der Waals surface area (Å²) >= 11 is 0. The molecule has 0 atom stereocenters. The molecular weight excluding hydrogens is 657 g/mol. The van der Waals surface area contributed by atoms with Crippen LogP contribution in [0.3, 0.4) is 0 Å². The summed E-state index contributed by atoms with van der Waals surface area (Å²) in [6.07, 6.45) is 1.79. The molecule has 54 heavy (non-hydrogen) atoms. The third-order valence-electron chi connectivity index (χ3n) is 10.3. The van der Waals surface area contributed by atoms with Gasteiger partial charge in [-0.05, 0) is 128 Å². The molecule has 0 spiro atoms. The van der Waals surface area contributed by atoms with Gasteiger partial charge in [0.2, 0.25) is 0 Å². The fourth-order valence-electron chi connectivity index (χ4n) is 7.43. The first kappa shape index (κ1) is 31.5. The van der Waals surface area contributed by atoms with Crippen LogP contribution in [0.1, 0.15) is 0 Å². The molecule has 8 aromatic carbocycles. The molecule has 0 N–H and O–H groups in total. The van der Waals surface area contributed by atoms with Crippen molar-refractivity contribution in [2.24, 2.45) is 0 Å². The highest BCUT2D eigenvalue weighted by Crippen LogP contribution is 2.39. The van der Waals surface area contributed by atoms with Gasteiger partial charge in [0, 0.05) is 34.9 Å². The van der Waals surface area contributed by atoms with Gasteiger partial charge < -0.3 is 9.32 Å². The van der Waals surface area contributed by atoms with Gasteiger partial charge in [-0.3, -0.25) is 4.98 Å². The molecule has 0 radical (unpaired) electrons. The number of nitrogens with zero attached hydrogens (tertiary/aromatic N) is 2. The van der Waals surface area contributed by atoms with Crippen LogP contribution in [0.5, 0.6) is 0 Å². The van der Waals surface area contributed by atoms with Crippen LogP contribution >= 0.6 is 0 Å². The van der Waals surface area contributed by atoms with E-state index in [0.29, 0.717) is 0 Å². The zero-order chi connectivity index (χ0) is 35.8. The number of hydrogen-bond acceptors (Lipinski definition) is 3. The number of anilines is 3. The second-order valence-electron chi connectivity index (χ2n) is 13.7. The molecule has 10 rings (SSSR count). The molecule has 0 saturated heterocycles. The van der Waals surface area contributed by atoms with Gasteiger partial charge in [-0.2, -0.15) is 0 Å². The predicted octanol–water partition coefficient (Wildman–Crippen LogP) is 14.3. The molecule has 0 aliphatic rings. The Morgan fingerprint density at radius 3 is 1.22 bits per heavy atom. The van der Waals surface area contributed by atoms with E-state index in [1.807, 2.05) is 18.2 Å². The fraction of sp³-hybridized carbons (Fsp3) is 0. The van der Waals surface area contributed by atoms with Crippen molar-refractivity contribution in [3.8, 4) is 44.7 Å². The summed E-state index contributed by atoms with van der Waals surface area (Å²) in [6, 6.07) is 71.3. The van der Waals surface area contributed by atoms with E-state index in [1.54, 1.807) is 6.20 Å². The molecule has 254 valence electrons. The maximum Gasteiger partial charge on any atom is 0.153 e. The second-order valence-corrected chi connectivity index (χ2v) is 13.7. The summed E-state index contributed by atoms with van der Waals surface area (Å²) in [4.78, 5) is 6.76. The van der Waals surface area contributed by atoms with Crippen LogP contribution < -0.4 is 4.90 Å². The molecule has 10 aromatic rings. The topological polar surface area (TPSA) is 29.3 Å². The molecule has 0 aliphatic heterocycles. The van der Waals surface area contributed by atoms with E-state index < -0.39 is 0 Å². The molecule has 0 amide bonds. The second kappa shape index (κ2) is 13.4. The first-order chi connectivity index (χ1) is 26.7. The minimum Gasteiger partial charge on any atom is -0.454 e. The molecule has 0 aliphatic carbocycles. The lowest BCUT2D eigenvalue weighted by atomic mass is 9.98. The molecule has 0 saturated carbocycles. The quantitative estimate of drug-likeness (QED) is 0.167. The van der Waals surface area contributed by atoms with Crippen LogP contribution in [-0.2, 0) is 0 Å². The summed E-state index contributed by atoms with van der Waals surface area (Å²) in [5.74, 6) is 0.803. The third kappa shape index (κ3) is 5.98. The van der Waals surface area contributed by atoms with Crippen molar-refractivity contribution in [2.75, 3.05) is 4.90 Å². The number of rotatable bonds is 7.